The Morgan fingerprint density at radius 1 is 1.30 bits per heavy atom. The van der Waals surface area contributed by atoms with Gasteiger partial charge in [0, 0.05) is 13.1 Å². The van der Waals surface area contributed by atoms with Crippen LogP contribution in [0.15, 0.2) is 23.3 Å². The van der Waals surface area contributed by atoms with Gasteiger partial charge in [0.25, 0.3) is 5.56 Å². The van der Waals surface area contributed by atoms with E-state index in [0.717, 1.165) is 31.6 Å². The maximum atomic E-state index is 11.7. The highest BCUT2D eigenvalue weighted by Crippen LogP contribution is 2.33. The maximum Gasteiger partial charge on any atom is 0.258 e. The van der Waals surface area contributed by atoms with Crippen LogP contribution in [0.2, 0.25) is 0 Å². The molecule has 2 unspecified atom stereocenters. The van der Waals surface area contributed by atoms with E-state index in [0.29, 0.717) is 28.8 Å². The minimum Gasteiger partial charge on any atom is -0.397 e. The summed E-state index contributed by atoms with van der Waals surface area (Å²) in [5.74, 6) is 0. The van der Waals surface area contributed by atoms with Crippen molar-refractivity contribution in [2.75, 3.05) is 23.7 Å². The summed E-state index contributed by atoms with van der Waals surface area (Å²) < 4.78 is 5.84. The van der Waals surface area contributed by atoms with Gasteiger partial charge in [-0.25, -0.2) is 4.98 Å². The Bertz CT molecular complexity index is 715. The molecule has 2 saturated heterocycles. The van der Waals surface area contributed by atoms with Crippen LogP contribution in [0.3, 0.4) is 0 Å². The summed E-state index contributed by atoms with van der Waals surface area (Å²) in [7, 11) is 0. The molecule has 2 aliphatic rings. The van der Waals surface area contributed by atoms with Crippen molar-refractivity contribution in [3.8, 4) is 0 Å². The van der Waals surface area contributed by atoms with Gasteiger partial charge in [-0.15, -0.1) is 0 Å². The van der Waals surface area contributed by atoms with Crippen molar-refractivity contribution in [1.29, 1.82) is 0 Å². The Balaban J connectivity index is 1.80. The van der Waals surface area contributed by atoms with Crippen LogP contribution < -0.4 is 16.2 Å². The lowest BCUT2D eigenvalue weighted by molar-refractivity contribution is 0.0305. The van der Waals surface area contributed by atoms with Gasteiger partial charge in [-0.2, -0.15) is 0 Å². The molecule has 0 amide bonds. The summed E-state index contributed by atoms with van der Waals surface area (Å²) in [6.07, 6.45) is 4.26. The second kappa shape index (κ2) is 4.21. The monoisotopic (exact) mass is 272 g/mol. The molecular formula is C14H16N4O2. The van der Waals surface area contributed by atoms with Crippen molar-refractivity contribution in [3.05, 3.63) is 28.8 Å². The number of nitrogens with two attached hydrogens (primary N) is 1. The van der Waals surface area contributed by atoms with Crippen LogP contribution >= 0.6 is 0 Å². The smallest absolute Gasteiger partial charge is 0.258 e. The second-order valence-electron chi connectivity index (χ2n) is 5.52. The van der Waals surface area contributed by atoms with E-state index in [2.05, 4.69) is 14.9 Å². The molecule has 0 spiro atoms. The van der Waals surface area contributed by atoms with Crippen molar-refractivity contribution in [2.24, 2.45) is 0 Å². The number of fused-ring (bicyclic) bond motifs is 3. The van der Waals surface area contributed by atoms with Gasteiger partial charge in [-0.3, -0.25) is 4.79 Å². The summed E-state index contributed by atoms with van der Waals surface area (Å²) in [5.41, 5.74) is 8.23. The Morgan fingerprint density at radius 2 is 2.05 bits per heavy atom. The number of aromatic nitrogens is 2. The lowest BCUT2D eigenvalue weighted by Crippen LogP contribution is -2.42. The molecule has 4 rings (SSSR count). The van der Waals surface area contributed by atoms with Gasteiger partial charge in [0.1, 0.15) is 0 Å². The molecule has 6 heteroatoms. The molecule has 2 atom stereocenters. The minimum atomic E-state index is -0.157. The van der Waals surface area contributed by atoms with E-state index in [9.17, 15) is 4.79 Å². The standard InChI is InChI=1S/C14H16N4O2/c15-11-3-10-12(16-7-17-14(10)19)4-13(11)18-5-8-1-2-9(6-18)20-8/h3-4,7-9H,1-2,5-6,15H2,(H,16,17,19). The number of nitrogens with one attached hydrogen (secondary N) is 1. The Morgan fingerprint density at radius 3 is 2.80 bits per heavy atom. The zero-order valence-corrected chi connectivity index (χ0v) is 11.0. The van der Waals surface area contributed by atoms with Gasteiger partial charge in [0.05, 0.1) is 40.8 Å². The first-order chi connectivity index (χ1) is 9.70. The predicted octanol–water partition coefficient (Wildman–Crippen LogP) is 0.873. The molecule has 1 aromatic heterocycles. The van der Waals surface area contributed by atoms with E-state index in [1.165, 1.54) is 6.33 Å². The number of anilines is 2. The third kappa shape index (κ3) is 1.76. The Kier molecular flexibility index (Phi) is 2.47. The minimum absolute atomic E-state index is 0.157. The molecule has 0 radical (unpaired) electrons. The number of rotatable bonds is 1. The van der Waals surface area contributed by atoms with Gasteiger partial charge in [0.15, 0.2) is 0 Å². The van der Waals surface area contributed by atoms with Crippen molar-refractivity contribution in [2.45, 2.75) is 25.0 Å². The fraction of sp³-hybridized carbons (Fsp3) is 0.429. The molecule has 0 aliphatic carbocycles. The number of nitrogens with zero attached hydrogens (tertiary/aromatic N) is 2. The molecule has 3 heterocycles. The van der Waals surface area contributed by atoms with Crippen LogP contribution in [-0.4, -0.2) is 35.3 Å². The van der Waals surface area contributed by atoms with E-state index in [4.69, 9.17) is 10.5 Å². The number of hydrogen-bond donors (Lipinski definition) is 2. The van der Waals surface area contributed by atoms with Crippen molar-refractivity contribution >= 4 is 22.3 Å². The van der Waals surface area contributed by atoms with Crippen molar-refractivity contribution in [1.82, 2.24) is 9.97 Å². The van der Waals surface area contributed by atoms with Crippen LogP contribution in [0.5, 0.6) is 0 Å². The number of morpholine rings is 1. The van der Waals surface area contributed by atoms with Gasteiger partial charge in [0.2, 0.25) is 0 Å². The summed E-state index contributed by atoms with van der Waals surface area (Å²) in [4.78, 5) is 20.8. The largest absolute Gasteiger partial charge is 0.397 e. The van der Waals surface area contributed by atoms with Gasteiger partial charge >= 0.3 is 0 Å². The zero-order valence-electron chi connectivity index (χ0n) is 11.0. The first-order valence-corrected chi connectivity index (χ1v) is 6.88. The molecule has 3 N–H and O–H groups in total. The summed E-state index contributed by atoms with van der Waals surface area (Å²) in [5, 5.41) is 0.532. The average Bonchev–Trinajstić information content (AvgIpc) is 2.78. The third-order valence-corrected chi connectivity index (χ3v) is 4.17. The highest BCUT2D eigenvalue weighted by atomic mass is 16.5. The Labute approximate surface area is 115 Å². The van der Waals surface area contributed by atoms with Crippen LogP contribution in [0.1, 0.15) is 12.8 Å². The van der Waals surface area contributed by atoms with Gasteiger partial charge in [-0.05, 0) is 25.0 Å². The van der Waals surface area contributed by atoms with E-state index in [-0.39, 0.29) is 5.56 Å². The molecular weight excluding hydrogens is 256 g/mol. The molecule has 2 bridgehead atoms. The predicted molar refractivity (Wildman–Crippen MR) is 76.9 cm³/mol. The van der Waals surface area contributed by atoms with Crippen LogP contribution in [0.25, 0.3) is 10.9 Å². The lowest BCUT2D eigenvalue weighted by atomic mass is 10.1. The molecule has 2 aromatic rings. The molecule has 6 nitrogen and oxygen atoms in total. The lowest BCUT2D eigenvalue weighted by Gasteiger charge is -2.34. The average molecular weight is 272 g/mol. The highest BCUT2D eigenvalue weighted by Gasteiger charge is 2.34. The molecule has 0 saturated carbocycles. The first kappa shape index (κ1) is 11.7. The third-order valence-electron chi connectivity index (χ3n) is 4.17. The molecule has 104 valence electrons. The van der Waals surface area contributed by atoms with Crippen LogP contribution in [0, 0.1) is 0 Å². The van der Waals surface area contributed by atoms with E-state index >= 15 is 0 Å². The maximum absolute atomic E-state index is 11.7. The summed E-state index contributed by atoms with van der Waals surface area (Å²) in [6.45, 7) is 1.71. The zero-order chi connectivity index (χ0) is 13.7. The SMILES string of the molecule is Nc1cc2c(=O)[nH]cnc2cc1N1CC2CCC(C1)O2. The van der Waals surface area contributed by atoms with Gasteiger partial charge in [-0.1, -0.05) is 0 Å². The van der Waals surface area contributed by atoms with Gasteiger partial charge < -0.3 is 20.4 Å². The number of aromatic amines is 1. The fourth-order valence-corrected chi connectivity index (χ4v) is 3.21. The fourth-order valence-electron chi connectivity index (χ4n) is 3.21. The van der Waals surface area contributed by atoms with E-state index in [1.54, 1.807) is 6.07 Å². The van der Waals surface area contributed by atoms with E-state index < -0.39 is 0 Å². The van der Waals surface area contributed by atoms with E-state index in [1.807, 2.05) is 6.07 Å². The summed E-state index contributed by atoms with van der Waals surface area (Å²) in [6, 6.07) is 3.62. The Hall–Kier alpha value is -2.08. The molecule has 2 fully saturated rings. The number of ether oxygens (including phenoxy) is 1. The first-order valence-electron chi connectivity index (χ1n) is 6.88. The second-order valence-corrected chi connectivity index (χ2v) is 5.52. The van der Waals surface area contributed by atoms with Crippen molar-refractivity contribution in [3.63, 3.8) is 0 Å². The number of nitrogen functional groups attached to an aromatic ring is 1. The number of H-pyrrole nitrogens is 1. The summed E-state index contributed by atoms with van der Waals surface area (Å²) >= 11 is 0. The van der Waals surface area contributed by atoms with Crippen LogP contribution in [-0.2, 0) is 4.74 Å². The van der Waals surface area contributed by atoms with Crippen LogP contribution in [0.4, 0.5) is 11.4 Å². The molecule has 1 aromatic carbocycles. The molecule has 2 aliphatic heterocycles. The van der Waals surface area contributed by atoms with Crippen molar-refractivity contribution < 1.29 is 4.74 Å². The topological polar surface area (TPSA) is 84.2 Å². The quantitative estimate of drug-likeness (QED) is 0.753. The highest BCUT2D eigenvalue weighted by molar-refractivity contribution is 5.88. The number of benzene rings is 1. The molecule has 20 heavy (non-hydrogen) atoms. The number of hydrogen-bond acceptors (Lipinski definition) is 5. The normalized spacial score (nSPS) is 25.3.